The van der Waals surface area contributed by atoms with Crippen LogP contribution in [0.4, 0.5) is 17.1 Å². The third-order valence-electron chi connectivity index (χ3n) is 8.90. The number of rotatable bonds is 1. The number of aryl methyl sites for hydroxylation is 2. The van der Waals surface area contributed by atoms with Crippen LogP contribution in [0.1, 0.15) is 11.1 Å². The average molecular weight is 481 g/mol. The summed E-state index contributed by atoms with van der Waals surface area (Å²) in [7, 11) is 0. The Kier molecular flexibility index (Phi) is 3.80. The second-order valence-electron chi connectivity index (χ2n) is 11.1. The number of hydrogen-bond donors (Lipinski definition) is 0. The van der Waals surface area contributed by atoms with Crippen molar-refractivity contribution in [2.24, 2.45) is 0 Å². The molecule has 2 heterocycles. The summed E-state index contributed by atoms with van der Waals surface area (Å²) in [6, 6.07) is 41.3. The predicted molar refractivity (Wildman–Crippen MR) is 164 cm³/mol. The summed E-state index contributed by atoms with van der Waals surface area (Å²) < 4.78 is 0. The van der Waals surface area contributed by atoms with Crippen molar-refractivity contribution in [3.8, 4) is 11.1 Å². The van der Waals surface area contributed by atoms with Gasteiger partial charge in [-0.3, -0.25) is 0 Å². The van der Waals surface area contributed by atoms with Crippen LogP contribution < -0.4 is 21.3 Å². The van der Waals surface area contributed by atoms with Crippen LogP contribution in [0, 0.1) is 13.8 Å². The summed E-state index contributed by atoms with van der Waals surface area (Å²) in [5.41, 5.74) is 13.5. The zero-order valence-electron chi connectivity index (χ0n) is 21.4. The van der Waals surface area contributed by atoms with E-state index in [9.17, 15) is 0 Å². The van der Waals surface area contributed by atoms with Crippen LogP contribution in [0.15, 0.2) is 109 Å². The minimum Gasteiger partial charge on any atom is -0.311 e. The van der Waals surface area contributed by atoms with Crippen LogP contribution >= 0.6 is 0 Å². The van der Waals surface area contributed by atoms with E-state index in [4.69, 9.17) is 0 Å². The minimum atomic E-state index is 0.266. The number of nitrogens with zero attached hydrogens (tertiary/aromatic N) is 1. The van der Waals surface area contributed by atoms with Gasteiger partial charge in [-0.1, -0.05) is 108 Å². The Bertz CT molecular complexity index is 2110. The normalized spacial score (nSPS) is 13.4. The maximum Gasteiger partial charge on any atom is 0.248 e. The van der Waals surface area contributed by atoms with Crippen LogP contribution in [0.2, 0.25) is 0 Å². The summed E-state index contributed by atoms with van der Waals surface area (Å²) in [6.07, 6.45) is 0. The highest BCUT2D eigenvalue weighted by atomic mass is 15.2. The Morgan fingerprint density at radius 1 is 0.500 bits per heavy atom. The molecule has 0 aromatic heterocycles. The van der Waals surface area contributed by atoms with Crippen molar-refractivity contribution in [3.63, 3.8) is 0 Å². The first kappa shape index (κ1) is 20.5. The lowest BCUT2D eigenvalue weighted by Crippen LogP contribution is -2.54. The molecule has 0 N–H and O–H groups in total. The van der Waals surface area contributed by atoms with E-state index in [-0.39, 0.29) is 6.71 Å². The SMILES string of the molecule is Cc1ccc2c(c1)B1c3cc(C)ccc3N(c3ccc4ccc5cccc6ccc3c4c56)c3cccc-2c31. The van der Waals surface area contributed by atoms with Gasteiger partial charge in [-0.25, -0.2) is 0 Å². The first-order chi connectivity index (χ1) is 18.7. The van der Waals surface area contributed by atoms with Gasteiger partial charge in [0.2, 0.25) is 6.71 Å². The molecule has 0 amide bonds. The maximum absolute atomic E-state index is 2.54. The Balaban J connectivity index is 1.41. The molecular weight excluding hydrogens is 457 g/mol. The number of hydrogen-bond acceptors (Lipinski definition) is 1. The molecule has 0 radical (unpaired) electrons. The molecule has 7 aromatic carbocycles. The zero-order valence-corrected chi connectivity index (χ0v) is 21.4. The molecule has 2 aliphatic rings. The minimum absolute atomic E-state index is 0.266. The first-order valence-corrected chi connectivity index (χ1v) is 13.5. The van der Waals surface area contributed by atoms with Gasteiger partial charge in [-0.15, -0.1) is 0 Å². The molecule has 0 bridgehead atoms. The molecule has 1 nitrogen and oxygen atoms in total. The van der Waals surface area contributed by atoms with E-state index in [0.29, 0.717) is 0 Å². The lowest BCUT2D eigenvalue weighted by atomic mass is 9.37. The van der Waals surface area contributed by atoms with Gasteiger partial charge < -0.3 is 4.90 Å². The third kappa shape index (κ3) is 2.48. The van der Waals surface area contributed by atoms with E-state index in [1.807, 2.05) is 0 Å². The van der Waals surface area contributed by atoms with Crippen molar-refractivity contribution in [2.45, 2.75) is 13.8 Å². The summed E-state index contributed by atoms with van der Waals surface area (Å²) in [4.78, 5) is 2.54. The maximum atomic E-state index is 2.54. The van der Waals surface area contributed by atoms with E-state index < -0.39 is 0 Å². The monoisotopic (exact) mass is 481 g/mol. The molecule has 38 heavy (non-hydrogen) atoms. The zero-order chi connectivity index (χ0) is 25.1. The quantitative estimate of drug-likeness (QED) is 0.174. The van der Waals surface area contributed by atoms with E-state index in [1.54, 1.807) is 0 Å². The van der Waals surface area contributed by atoms with Gasteiger partial charge in [0.1, 0.15) is 0 Å². The summed E-state index contributed by atoms with van der Waals surface area (Å²) in [6.45, 7) is 4.69. The molecule has 9 rings (SSSR count). The summed E-state index contributed by atoms with van der Waals surface area (Å²) in [5.74, 6) is 0. The van der Waals surface area contributed by atoms with Crippen LogP contribution in [-0.2, 0) is 0 Å². The van der Waals surface area contributed by atoms with Gasteiger partial charge in [0.15, 0.2) is 0 Å². The van der Waals surface area contributed by atoms with Gasteiger partial charge >= 0.3 is 0 Å². The van der Waals surface area contributed by atoms with Crippen molar-refractivity contribution in [1.29, 1.82) is 0 Å². The topological polar surface area (TPSA) is 3.24 Å². The Hall–Kier alpha value is -4.56. The number of fused-ring (bicyclic) bond motifs is 5. The van der Waals surface area contributed by atoms with Crippen LogP contribution in [-0.4, -0.2) is 6.71 Å². The van der Waals surface area contributed by atoms with Crippen LogP contribution in [0.3, 0.4) is 0 Å². The molecule has 176 valence electrons. The molecule has 2 aliphatic heterocycles. The van der Waals surface area contributed by atoms with E-state index in [1.165, 1.54) is 88.0 Å². The lowest BCUT2D eigenvalue weighted by Gasteiger charge is -2.37. The molecule has 0 saturated carbocycles. The van der Waals surface area contributed by atoms with Crippen molar-refractivity contribution >= 4 is 72.5 Å². The van der Waals surface area contributed by atoms with Gasteiger partial charge in [0.05, 0.1) is 5.69 Å². The van der Waals surface area contributed by atoms with Gasteiger partial charge in [0.25, 0.3) is 0 Å². The Labute approximate surface area is 222 Å². The van der Waals surface area contributed by atoms with Crippen molar-refractivity contribution in [1.82, 2.24) is 0 Å². The molecule has 7 aromatic rings. The highest BCUT2D eigenvalue weighted by molar-refractivity contribution is 7.01. The summed E-state index contributed by atoms with van der Waals surface area (Å²) >= 11 is 0. The molecule has 0 atom stereocenters. The first-order valence-electron chi connectivity index (χ1n) is 13.5. The molecule has 0 unspecified atom stereocenters. The third-order valence-corrected chi connectivity index (χ3v) is 8.90. The molecule has 0 saturated heterocycles. The van der Waals surface area contributed by atoms with Crippen LogP contribution in [0.5, 0.6) is 0 Å². The Morgan fingerprint density at radius 2 is 1.16 bits per heavy atom. The fourth-order valence-corrected chi connectivity index (χ4v) is 7.34. The van der Waals surface area contributed by atoms with Gasteiger partial charge in [0, 0.05) is 16.8 Å². The molecular formula is C36H24BN. The molecule has 0 fully saturated rings. The van der Waals surface area contributed by atoms with Crippen molar-refractivity contribution in [2.75, 3.05) is 4.90 Å². The largest absolute Gasteiger partial charge is 0.311 e. The molecule has 0 aliphatic carbocycles. The summed E-state index contributed by atoms with van der Waals surface area (Å²) in [5, 5.41) is 7.94. The second kappa shape index (κ2) is 7.05. The van der Waals surface area contributed by atoms with Gasteiger partial charge in [-0.05, 0) is 81.0 Å². The highest BCUT2D eigenvalue weighted by Gasteiger charge is 2.42. The number of anilines is 3. The Morgan fingerprint density at radius 3 is 2.00 bits per heavy atom. The second-order valence-corrected chi connectivity index (χ2v) is 11.1. The van der Waals surface area contributed by atoms with E-state index in [2.05, 4.69) is 128 Å². The predicted octanol–water partition coefficient (Wildman–Crippen LogP) is 7.48. The average Bonchev–Trinajstić information content (AvgIpc) is 3.27. The van der Waals surface area contributed by atoms with Gasteiger partial charge in [-0.2, -0.15) is 0 Å². The number of benzene rings is 7. The molecule has 0 spiro atoms. The molecule has 2 heteroatoms. The standard InChI is InChI=1S/C36H24BN/c1-21-9-15-26-27-7-4-8-33-36(27)37(29(26)19-21)30-20-22(2)10-17-32(30)38(33)31-18-14-25-12-11-23-5-3-6-24-13-16-28(31)35(25)34(23)24/h3-20H,1-2H3. The lowest BCUT2D eigenvalue weighted by molar-refractivity contribution is 1.30. The fraction of sp³-hybridized carbons (Fsp3) is 0.0556. The van der Waals surface area contributed by atoms with Crippen molar-refractivity contribution < 1.29 is 0 Å². The van der Waals surface area contributed by atoms with E-state index in [0.717, 1.165) is 0 Å². The van der Waals surface area contributed by atoms with Crippen molar-refractivity contribution in [3.05, 3.63) is 120 Å². The van der Waals surface area contributed by atoms with E-state index >= 15 is 0 Å². The fourth-order valence-electron chi connectivity index (χ4n) is 7.34. The highest BCUT2D eigenvalue weighted by Crippen LogP contribution is 2.45. The van der Waals surface area contributed by atoms with Crippen LogP contribution in [0.25, 0.3) is 43.4 Å². The smallest absolute Gasteiger partial charge is 0.248 e.